The molecule has 1 aliphatic heterocycles. The minimum atomic E-state index is 0.105. The van der Waals surface area contributed by atoms with E-state index in [2.05, 4.69) is 11.9 Å². The Labute approximate surface area is 113 Å². The van der Waals surface area contributed by atoms with E-state index < -0.39 is 0 Å². The van der Waals surface area contributed by atoms with Crippen LogP contribution in [0.5, 0.6) is 5.75 Å². The summed E-state index contributed by atoms with van der Waals surface area (Å²) in [6, 6.07) is 5.58. The molecule has 0 saturated carbocycles. The largest absolute Gasteiger partial charge is 0.490 e. The van der Waals surface area contributed by atoms with Crippen molar-refractivity contribution in [2.45, 2.75) is 12.6 Å². The molecule has 2 N–H and O–H groups in total. The Morgan fingerprint density at radius 1 is 1.56 bits per heavy atom. The molecule has 0 amide bonds. The third-order valence-electron chi connectivity index (χ3n) is 3.05. The predicted octanol–water partition coefficient (Wildman–Crippen LogP) is 1.51. The highest BCUT2D eigenvalue weighted by Gasteiger charge is 2.18. The lowest BCUT2D eigenvalue weighted by molar-refractivity contribution is -0.0404. The van der Waals surface area contributed by atoms with Crippen LogP contribution in [0, 0.1) is 0 Å². The van der Waals surface area contributed by atoms with E-state index >= 15 is 0 Å². The predicted molar refractivity (Wildman–Crippen MR) is 72.1 cm³/mol. The molecule has 0 aliphatic carbocycles. The zero-order valence-corrected chi connectivity index (χ0v) is 11.3. The summed E-state index contributed by atoms with van der Waals surface area (Å²) in [5.41, 5.74) is 6.53. The van der Waals surface area contributed by atoms with Crippen molar-refractivity contribution in [1.82, 2.24) is 4.90 Å². The van der Waals surface area contributed by atoms with E-state index in [1.807, 2.05) is 18.2 Å². The van der Waals surface area contributed by atoms with Crippen LogP contribution in [0.4, 0.5) is 0 Å². The van der Waals surface area contributed by atoms with Crippen molar-refractivity contribution in [2.75, 3.05) is 33.4 Å². The van der Waals surface area contributed by atoms with Crippen LogP contribution < -0.4 is 10.5 Å². The van der Waals surface area contributed by atoms with Gasteiger partial charge in [0.05, 0.1) is 6.61 Å². The monoisotopic (exact) mass is 270 g/mol. The van der Waals surface area contributed by atoms with Gasteiger partial charge in [-0.15, -0.1) is 0 Å². The molecule has 2 rings (SSSR count). The van der Waals surface area contributed by atoms with Crippen LogP contribution in [-0.4, -0.2) is 44.4 Å². The van der Waals surface area contributed by atoms with Crippen molar-refractivity contribution in [2.24, 2.45) is 5.73 Å². The summed E-state index contributed by atoms with van der Waals surface area (Å²) in [4.78, 5) is 2.24. The fourth-order valence-corrected chi connectivity index (χ4v) is 2.27. The van der Waals surface area contributed by atoms with Gasteiger partial charge in [0.1, 0.15) is 18.5 Å². The summed E-state index contributed by atoms with van der Waals surface area (Å²) in [6.45, 7) is 3.52. The SMILES string of the molecule is CN1CCOC(COc2cccc(Cl)c2CN)C1. The molecule has 1 saturated heterocycles. The highest BCUT2D eigenvalue weighted by Crippen LogP contribution is 2.26. The molecule has 1 aromatic rings. The first-order valence-corrected chi connectivity index (χ1v) is 6.49. The molecular weight excluding hydrogens is 252 g/mol. The van der Waals surface area contributed by atoms with Gasteiger partial charge in [-0.1, -0.05) is 17.7 Å². The summed E-state index contributed by atoms with van der Waals surface area (Å²) in [5.74, 6) is 0.752. The number of nitrogens with two attached hydrogens (primary N) is 1. The Balaban J connectivity index is 1.95. The first kappa shape index (κ1) is 13.6. The number of benzene rings is 1. The summed E-state index contributed by atoms with van der Waals surface area (Å²) in [7, 11) is 2.08. The van der Waals surface area contributed by atoms with Crippen LogP contribution in [0.25, 0.3) is 0 Å². The molecular formula is C13H19ClN2O2. The molecule has 1 unspecified atom stereocenters. The fraction of sp³-hybridized carbons (Fsp3) is 0.538. The second kappa shape index (κ2) is 6.38. The lowest BCUT2D eigenvalue weighted by Crippen LogP contribution is -2.42. The van der Waals surface area contributed by atoms with E-state index in [0.717, 1.165) is 31.0 Å². The Morgan fingerprint density at radius 3 is 3.11 bits per heavy atom. The minimum absolute atomic E-state index is 0.105. The first-order chi connectivity index (χ1) is 8.70. The van der Waals surface area contributed by atoms with Gasteiger partial charge in [0.25, 0.3) is 0 Å². The summed E-state index contributed by atoms with van der Waals surface area (Å²) < 4.78 is 11.4. The number of hydrogen-bond acceptors (Lipinski definition) is 4. The summed E-state index contributed by atoms with van der Waals surface area (Å²) >= 11 is 6.07. The van der Waals surface area contributed by atoms with Crippen LogP contribution in [0.15, 0.2) is 18.2 Å². The zero-order valence-electron chi connectivity index (χ0n) is 10.6. The van der Waals surface area contributed by atoms with Gasteiger partial charge in [0.15, 0.2) is 0 Å². The first-order valence-electron chi connectivity index (χ1n) is 6.11. The normalized spacial score (nSPS) is 20.9. The standard InChI is InChI=1S/C13H19ClN2O2/c1-16-5-6-17-10(8-16)9-18-13-4-2-3-12(14)11(13)7-15/h2-4,10H,5-9,15H2,1H3. The molecule has 1 aliphatic rings. The third kappa shape index (κ3) is 3.36. The van der Waals surface area contributed by atoms with Crippen molar-refractivity contribution in [3.8, 4) is 5.75 Å². The molecule has 0 spiro atoms. The van der Waals surface area contributed by atoms with E-state index in [1.54, 1.807) is 0 Å². The topological polar surface area (TPSA) is 47.7 Å². The minimum Gasteiger partial charge on any atom is -0.490 e. The maximum atomic E-state index is 6.07. The average Bonchev–Trinajstić information content (AvgIpc) is 2.36. The van der Waals surface area contributed by atoms with Gasteiger partial charge in [-0.25, -0.2) is 0 Å². The van der Waals surface area contributed by atoms with Gasteiger partial charge >= 0.3 is 0 Å². The number of rotatable bonds is 4. The third-order valence-corrected chi connectivity index (χ3v) is 3.40. The van der Waals surface area contributed by atoms with Crippen LogP contribution in [0.3, 0.4) is 0 Å². The summed E-state index contributed by atoms with van der Waals surface area (Å²) in [6.07, 6.45) is 0.105. The van der Waals surface area contributed by atoms with E-state index in [9.17, 15) is 0 Å². The van der Waals surface area contributed by atoms with Gasteiger partial charge < -0.3 is 20.1 Å². The number of morpholine rings is 1. The molecule has 1 atom stereocenters. The Hall–Kier alpha value is -0.810. The van der Waals surface area contributed by atoms with Crippen molar-refractivity contribution in [3.63, 3.8) is 0 Å². The van der Waals surface area contributed by atoms with Gasteiger partial charge in [-0.2, -0.15) is 0 Å². The molecule has 1 heterocycles. The molecule has 4 nitrogen and oxygen atoms in total. The van der Waals surface area contributed by atoms with Crippen LogP contribution >= 0.6 is 11.6 Å². The highest BCUT2D eigenvalue weighted by molar-refractivity contribution is 6.31. The molecule has 1 aromatic carbocycles. The second-order valence-corrected chi connectivity index (χ2v) is 4.89. The van der Waals surface area contributed by atoms with Crippen LogP contribution in [0.2, 0.25) is 5.02 Å². The van der Waals surface area contributed by atoms with E-state index in [-0.39, 0.29) is 6.10 Å². The number of likely N-dealkylation sites (N-methyl/N-ethyl adjacent to an activating group) is 1. The molecule has 100 valence electrons. The molecule has 5 heteroatoms. The van der Waals surface area contributed by atoms with Crippen LogP contribution in [0.1, 0.15) is 5.56 Å². The van der Waals surface area contributed by atoms with E-state index in [1.165, 1.54) is 0 Å². The van der Waals surface area contributed by atoms with E-state index in [4.69, 9.17) is 26.8 Å². The maximum absolute atomic E-state index is 6.07. The second-order valence-electron chi connectivity index (χ2n) is 4.49. The Morgan fingerprint density at radius 2 is 2.39 bits per heavy atom. The number of hydrogen-bond donors (Lipinski definition) is 1. The van der Waals surface area contributed by atoms with Crippen molar-refractivity contribution < 1.29 is 9.47 Å². The van der Waals surface area contributed by atoms with Gasteiger partial charge in [-0.3, -0.25) is 0 Å². The molecule has 1 fully saturated rings. The lowest BCUT2D eigenvalue weighted by atomic mass is 10.2. The van der Waals surface area contributed by atoms with Crippen molar-refractivity contribution in [3.05, 3.63) is 28.8 Å². The number of ether oxygens (including phenoxy) is 2. The zero-order chi connectivity index (χ0) is 13.0. The average molecular weight is 271 g/mol. The molecule has 18 heavy (non-hydrogen) atoms. The van der Waals surface area contributed by atoms with Crippen molar-refractivity contribution in [1.29, 1.82) is 0 Å². The Kier molecular flexibility index (Phi) is 4.83. The quantitative estimate of drug-likeness (QED) is 0.901. The van der Waals surface area contributed by atoms with Gasteiger partial charge in [0.2, 0.25) is 0 Å². The molecule has 0 aromatic heterocycles. The van der Waals surface area contributed by atoms with Crippen LogP contribution in [-0.2, 0) is 11.3 Å². The lowest BCUT2D eigenvalue weighted by Gasteiger charge is -2.30. The maximum Gasteiger partial charge on any atom is 0.125 e. The smallest absolute Gasteiger partial charge is 0.125 e. The van der Waals surface area contributed by atoms with Gasteiger partial charge in [-0.05, 0) is 19.2 Å². The Bertz CT molecular complexity index is 401. The van der Waals surface area contributed by atoms with E-state index in [0.29, 0.717) is 18.2 Å². The molecule has 0 bridgehead atoms. The number of nitrogens with zero attached hydrogens (tertiary/aromatic N) is 1. The fourth-order valence-electron chi connectivity index (χ4n) is 2.02. The van der Waals surface area contributed by atoms with Gasteiger partial charge in [0, 0.05) is 30.2 Å². The highest BCUT2D eigenvalue weighted by atomic mass is 35.5. The van der Waals surface area contributed by atoms with Crippen molar-refractivity contribution >= 4 is 11.6 Å². The number of halogens is 1. The summed E-state index contributed by atoms with van der Waals surface area (Å²) in [5, 5.41) is 0.650. The molecule has 0 radical (unpaired) electrons.